The number of halogens is 1. The van der Waals surface area contributed by atoms with Crippen LogP contribution in [0.2, 0.25) is 0 Å². The average molecular weight is 379 g/mol. The monoisotopic (exact) mass is 379 g/mol. The van der Waals surface area contributed by atoms with Crippen molar-refractivity contribution in [1.82, 2.24) is 19.7 Å². The van der Waals surface area contributed by atoms with Crippen LogP contribution in [0.25, 0.3) is 22.5 Å². The third-order valence-corrected chi connectivity index (χ3v) is 5.05. The molecule has 1 aliphatic rings. The molecule has 3 aromatic rings. The molecule has 0 spiro atoms. The van der Waals surface area contributed by atoms with Crippen LogP contribution in [0.3, 0.4) is 0 Å². The van der Waals surface area contributed by atoms with Crippen molar-refractivity contribution in [3.8, 4) is 22.5 Å². The van der Waals surface area contributed by atoms with E-state index < -0.39 is 0 Å². The van der Waals surface area contributed by atoms with Gasteiger partial charge in [0, 0.05) is 36.1 Å². The lowest BCUT2D eigenvalue weighted by Gasteiger charge is -2.13. The summed E-state index contributed by atoms with van der Waals surface area (Å²) in [6, 6.07) is 8.72. The highest BCUT2D eigenvalue weighted by Gasteiger charge is 2.28. The van der Waals surface area contributed by atoms with Crippen molar-refractivity contribution in [2.75, 3.05) is 5.32 Å². The lowest BCUT2D eigenvalue weighted by atomic mass is 10.1. The van der Waals surface area contributed by atoms with E-state index in [2.05, 4.69) is 31.1 Å². The Labute approximate surface area is 165 Å². The third-order valence-electron chi connectivity index (χ3n) is 5.05. The first kappa shape index (κ1) is 18.6. The highest BCUT2D eigenvalue weighted by molar-refractivity contribution is 5.78. The Hall–Kier alpha value is -2.76. The second-order valence-electron chi connectivity index (χ2n) is 8.05. The average Bonchev–Trinajstić information content (AvgIpc) is 3.43. The molecule has 1 fully saturated rings. The maximum atomic E-state index is 13.4. The van der Waals surface area contributed by atoms with Crippen molar-refractivity contribution < 1.29 is 4.39 Å². The highest BCUT2D eigenvalue weighted by Crippen LogP contribution is 2.34. The normalized spacial score (nSPS) is 15.0. The minimum absolute atomic E-state index is 0.255. The number of benzene rings is 1. The molecule has 1 saturated carbocycles. The van der Waals surface area contributed by atoms with Crippen LogP contribution >= 0.6 is 0 Å². The van der Waals surface area contributed by atoms with Crippen molar-refractivity contribution in [2.24, 2.45) is 11.8 Å². The number of anilines is 1. The summed E-state index contributed by atoms with van der Waals surface area (Å²) < 4.78 is 15.3. The summed E-state index contributed by atoms with van der Waals surface area (Å²) in [5, 5.41) is 8.19. The minimum atomic E-state index is -0.255. The van der Waals surface area contributed by atoms with E-state index in [-0.39, 0.29) is 5.82 Å². The summed E-state index contributed by atoms with van der Waals surface area (Å²) >= 11 is 0. The molecule has 146 valence electrons. The van der Waals surface area contributed by atoms with Gasteiger partial charge >= 0.3 is 0 Å². The number of nitrogens with one attached hydrogen (secondary N) is 1. The van der Waals surface area contributed by atoms with E-state index in [4.69, 9.17) is 10.1 Å². The van der Waals surface area contributed by atoms with Crippen LogP contribution in [-0.4, -0.2) is 25.8 Å². The fourth-order valence-electron chi connectivity index (χ4n) is 3.39. The molecule has 2 aromatic heterocycles. The Kier molecular flexibility index (Phi) is 5.11. The predicted octanol–water partition coefficient (Wildman–Crippen LogP) is 5.01. The minimum Gasteiger partial charge on any atom is -0.351 e. The molecular formula is C22H26FN5. The maximum absolute atomic E-state index is 13.4. The Morgan fingerprint density at radius 2 is 1.89 bits per heavy atom. The Morgan fingerprint density at radius 1 is 1.14 bits per heavy atom. The van der Waals surface area contributed by atoms with Gasteiger partial charge in [-0.05, 0) is 61.9 Å². The van der Waals surface area contributed by atoms with Crippen molar-refractivity contribution >= 4 is 5.95 Å². The lowest BCUT2D eigenvalue weighted by molar-refractivity contribution is 0.484. The van der Waals surface area contributed by atoms with Crippen LogP contribution < -0.4 is 5.32 Å². The van der Waals surface area contributed by atoms with Gasteiger partial charge in [-0.15, -0.1) is 0 Å². The lowest BCUT2D eigenvalue weighted by Crippen LogP contribution is -2.19. The maximum Gasteiger partial charge on any atom is 0.223 e. The zero-order valence-electron chi connectivity index (χ0n) is 16.6. The van der Waals surface area contributed by atoms with Gasteiger partial charge < -0.3 is 5.32 Å². The van der Waals surface area contributed by atoms with Crippen molar-refractivity contribution in [3.05, 3.63) is 48.5 Å². The van der Waals surface area contributed by atoms with Crippen LogP contribution in [-0.2, 0) is 6.54 Å². The van der Waals surface area contributed by atoms with Gasteiger partial charge in [0.1, 0.15) is 11.5 Å². The second kappa shape index (κ2) is 7.70. The predicted molar refractivity (Wildman–Crippen MR) is 109 cm³/mol. The topological polar surface area (TPSA) is 55.6 Å². The van der Waals surface area contributed by atoms with E-state index in [9.17, 15) is 4.39 Å². The van der Waals surface area contributed by atoms with E-state index in [0.29, 0.717) is 17.9 Å². The molecule has 1 aromatic carbocycles. The Balaban J connectivity index is 1.71. The number of hydrogen-bond acceptors (Lipinski definition) is 4. The van der Waals surface area contributed by atoms with Gasteiger partial charge in [0.2, 0.25) is 5.95 Å². The van der Waals surface area contributed by atoms with Gasteiger partial charge in [0.25, 0.3) is 0 Å². The van der Waals surface area contributed by atoms with E-state index in [1.54, 1.807) is 18.3 Å². The largest absolute Gasteiger partial charge is 0.351 e. The number of rotatable bonds is 7. The fraction of sp³-hybridized carbons (Fsp3) is 0.409. The summed E-state index contributed by atoms with van der Waals surface area (Å²) in [5.74, 6) is 1.57. The summed E-state index contributed by atoms with van der Waals surface area (Å²) in [6.07, 6.45) is 6.34. The van der Waals surface area contributed by atoms with Gasteiger partial charge in [-0.1, -0.05) is 13.8 Å². The molecule has 0 radical (unpaired) electrons. The second-order valence-corrected chi connectivity index (χ2v) is 8.05. The number of aromatic nitrogens is 4. The number of hydrogen-bond donors (Lipinski definition) is 1. The van der Waals surface area contributed by atoms with E-state index in [1.165, 1.54) is 25.0 Å². The van der Waals surface area contributed by atoms with Gasteiger partial charge in [0.15, 0.2) is 0 Å². The first-order valence-electron chi connectivity index (χ1n) is 9.93. The molecule has 1 atom stereocenters. The molecule has 28 heavy (non-hydrogen) atoms. The summed E-state index contributed by atoms with van der Waals surface area (Å²) in [4.78, 5) is 9.12. The van der Waals surface area contributed by atoms with Gasteiger partial charge in [-0.2, -0.15) is 5.10 Å². The molecule has 1 aliphatic carbocycles. The first-order valence-corrected chi connectivity index (χ1v) is 9.93. The summed E-state index contributed by atoms with van der Waals surface area (Å²) in [5.41, 5.74) is 3.42. The molecule has 0 saturated heterocycles. The first-order chi connectivity index (χ1) is 13.5. The standard InChI is InChI=1S/C22H26FN5/c1-14(2)12-28-13-19(21(27-28)17-6-8-18(23)9-7-17)20-10-11-24-22(26-20)25-15(3)16-4-5-16/h6-11,13-16H,4-5,12H2,1-3H3,(H,24,25,26). The summed E-state index contributed by atoms with van der Waals surface area (Å²) in [6.45, 7) is 7.30. The quantitative estimate of drug-likeness (QED) is 0.627. The van der Waals surface area contributed by atoms with Crippen LogP contribution in [0.5, 0.6) is 0 Å². The fourth-order valence-corrected chi connectivity index (χ4v) is 3.39. The van der Waals surface area contributed by atoms with Crippen molar-refractivity contribution in [3.63, 3.8) is 0 Å². The molecular weight excluding hydrogens is 353 g/mol. The van der Waals surface area contributed by atoms with Gasteiger partial charge in [-0.3, -0.25) is 4.68 Å². The van der Waals surface area contributed by atoms with Crippen LogP contribution in [0.1, 0.15) is 33.6 Å². The Morgan fingerprint density at radius 3 is 2.57 bits per heavy atom. The molecule has 4 rings (SSSR count). The third kappa shape index (κ3) is 4.21. The van der Waals surface area contributed by atoms with Crippen LogP contribution in [0.15, 0.2) is 42.7 Å². The van der Waals surface area contributed by atoms with Gasteiger partial charge in [-0.25, -0.2) is 14.4 Å². The summed E-state index contributed by atoms with van der Waals surface area (Å²) in [7, 11) is 0. The molecule has 5 nitrogen and oxygen atoms in total. The molecule has 6 heteroatoms. The molecule has 2 heterocycles. The van der Waals surface area contributed by atoms with Gasteiger partial charge in [0.05, 0.1) is 5.69 Å². The smallest absolute Gasteiger partial charge is 0.223 e. The highest BCUT2D eigenvalue weighted by atomic mass is 19.1. The zero-order valence-corrected chi connectivity index (χ0v) is 16.6. The molecule has 1 unspecified atom stereocenters. The van der Waals surface area contributed by atoms with E-state index in [0.717, 1.165) is 35.0 Å². The molecule has 0 bridgehead atoms. The number of nitrogens with zero attached hydrogens (tertiary/aromatic N) is 4. The van der Waals surface area contributed by atoms with E-state index >= 15 is 0 Å². The van der Waals surface area contributed by atoms with Crippen LogP contribution in [0, 0.1) is 17.7 Å². The Bertz CT molecular complexity index is 944. The van der Waals surface area contributed by atoms with E-state index in [1.807, 2.05) is 16.9 Å². The zero-order chi connectivity index (χ0) is 19.7. The molecule has 0 amide bonds. The molecule has 1 N–H and O–H groups in total. The van der Waals surface area contributed by atoms with Crippen molar-refractivity contribution in [1.29, 1.82) is 0 Å². The van der Waals surface area contributed by atoms with Crippen molar-refractivity contribution in [2.45, 2.75) is 46.2 Å². The van der Waals surface area contributed by atoms with Crippen LogP contribution in [0.4, 0.5) is 10.3 Å². The SMILES string of the molecule is CC(C)Cn1cc(-c2ccnc(NC(C)C3CC3)n2)c(-c2ccc(F)cc2)n1. The molecule has 0 aliphatic heterocycles.